The van der Waals surface area contributed by atoms with Crippen LogP contribution in [-0.2, 0) is 0 Å². The van der Waals surface area contributed by atoms with Gasteiger partial charge in [0.15, 0.2) is 0 Å². The van der Waals surface area contributed by atoms with Gasteiger partial charge in [-0.1, -0.05) is 62.6 Å². The normalized spacial score (nSPS) is 18.8. The van der Waals surface area contributed by atoms with Crippen LogP contribution in [0.25, 0.3) is 0 Å². The second-order valence-corrected chi connectivity index (χ2v) is 4.39. The van der Waals surface area contributed by atoms with Crippen molar-refractivity contribution < 1.29 is 4.39 Å². The minimum absolute atomic E-state index is 0.279. The van der Waals surface area contributed by atoms with E-state index in [1.807, 2.05) is 0 Å². The van der Waals surface area contributed by atoms with E-state index >= 15 is 0 Å². The molecule has 0 saturated heterocycles. The molecule has 0 aromatic rings. The highest BCUT2D eigenvalue weighted by atomic mass is 127. The largest absolute Gasteiger partial charge is 0.246 e. The zero-order valence-corrected chi connectivity index (χ0v) is 10.5. The molecule has 0 aliphatic carbocycles. The first-order chi connectivity index (χ1) is 5.67. The number of hydrogen-bond donors (Lipinski definition) is 0. The van der Waals surface area contributed by atoms with Crippen molar-refractivity contribution in [1.82, 2.24) is 0 Å². The quantitative estimate of drug-likeness (QED) is 0.506. The zero-order valence-electron chi connectivity index (χ0n) is 8.32. The van der Waals surface area contributed by atoms with Crippen LogP contribution in [0.5, 0.6) is 0 Å². The van der Waals surface area contributed by atoms with Crippen molar-refractivity contribution in [3.05, 3.63) is 0 Å². The fraction of sp³-hybridized carbons (Fsp3) is 1.00. The Balaban J connectivity index is 3.94. The van der Waals surface area contributed by atoms with Crippen LogP contribution in [0, 0.1) is 11.8 Å². The molecule has 0 aromatic heterocycles. The maximum atomic E-state index is 13.4. The van der Waals surface area contributed by atoms with E-state index in [2.05, 4.69) is 43.4 Å². The van der Waals surface area contributed by atoms with Gasteiger partial charge < -0.3 is 0 Å². The van der Waals surface area contributed by atoms with Crippen molar-refractivity contribution in [2.45, 2.75) is 46.2 Å². The first-order valence-corrected chi connectivity index (χ1v) is 6.39. The van der Waals surface area contributed by atoms with Crippen LogP contribution in [-0.4, -0.2) is 10.6 Å². The topological polar surface area (TPSA) is 0 Å². The first kappa shape index (κ1) is 12.7. The van der Waals surface area contributed by atoms with Crippen LogP contribution >= 0.6 is 22.6 Å². The number of rotatable bonds is 6. The van der Waals surface area contributed by atoms with E-state index in [4.69, 9.17) is 0 Å². The molecule has 0 fully saturated rings. The summed E-state index contributed by atoms with van der Waals surface area (Å²) in [7, 11) is 0. The Bertz CT molecular complexity index is 106. The molecule has 0 N–H and O–H groups in total. The molecule has 0 aliphatic rings. The number of halogens is 2. The molecule has 2 unspecified atom stereocenters. The summed E-state index contributed by atoms with van der Waals surface area (Å²) in [5.41, 5.74) is 0. The molecule has 0 radical (unpaired) electrons. The second-order valence-electron chi connectivity index (χ2n) is 3.51. The molecule has 3 atom stereocenters. The lowest BCUT2D eigenvalue weighted by Crippen LogP contribution is -2.23. The molecular weight excluding hydrogens is 266 g/mol. The molecule has 74 valence electrons. The molecule has 2 heteroatoms. The second kappa shape index (κ2) is 7.10. The van der Waals surface area contributed by atoms with Gasteiger partial charge in [0.05, 0.1) is 0 Å². The fourth-order valence-corrected chi connectivity index (χ4v) is 2.45. The molecule has 12 heavy (non-hydrogen) atoms. The molecule has 0 bridgehead atoms. The Morgan fingerprint density at radius 3 is 2.25 bits per heavy atom. The SMILES string of the molecule is CCCC(C)C(CC)[C@H](F)CI. The summed E-state index contributed by atoms with van der Waals surface area (Å²) >= 11 is 2.14. The lowest BCUT2D eigenvalue weighted by Gasteiger charge is -2.24. The fourth-order valence-electron chi connectivity index (χ4n) is 1.80. The number of alkyl halides is 2. The van der Waals surface area contributed by atoms with Crippen molar-refractivity contribution in [2.24, 2.45) is 11.8 Å². The predicted octanol–water partition coefficient (Wildman–Crippen LogP) is 4.22. The van der Waals surface area contributed by atoms with Gasteiger partial charge in [0.1, 0.15) is 6.17 Å². The van der Waals surface area contributed by atoms with Gasteiger partial charge >= 0.3 is 0 Å². The van der Waals surface area contributed by atoms with Gasteiger partial charge in [0.2, 0.25) is 0 Å². The van der Waals surface area contributed by atoms with E-state index in [1.54, 1.807) is 0 Å². The van der Waals surface area contributed by atoms with Crippen LogP contribution < -0.4 is 0 Å². The van der Waals surface area contributed by atoms with E-state index in [0.29, 0.717) is 10.3 Å². The van der Waals surface area contributed by atoms with E-state index in [9.17, 15) is 4.39 Å². The van der Waals surface area contributed by atoms with Crippen LogP contribution in [0.1, 0.15) is 40.0 Å². The Labute approximate surface area is 89.5 Å². The van der Waals surface area contributed by atoms with Gasteiger partial charge in [0, 0.05) is 4.43 Å². The Kier molecular flexibility index (Phi) is 7.49. The summed E-state index contributed by atoms with van der Waals surface area (Å²) in [6.45, 7) is 6.44. The summed E-state index contributed by atoms with van der Waals surface area (Å²) in [6, 6.07) is 0. The zero-order chi connectivity index (χ0) is 9.56. The molecule has 0 amide bonds. The van der Waals surface area contributed by atoms with E-state index in [1.165, 1.54) is 6.42 Å². The monoisotopic (exact) mass is 286 g/mol. The molecular formula is C10H20FI. The minimum Gasteiger partial charge on any atom is -0.246 e. The van der Waals surface area contributed by atoms with Crippen molar-refractivity contribution in [2.75, 3.05) is 4.43 Å². The summed E-state index contributed by atoms with van der Waals surface area (Å²) in [5.74, 6) is 0.826. The average molecular weight is 286 g/mol. The first-order valence-electron chi connectivity index (χ1n) is 4.87. The van der Waals surface area contributed by atoms with Crippen molar-refractivity contribution >= 4 is 22.6 Å². The maximum absolute atomic E-state index is 13.4. The minimum atomic E-state index is -0.600. The van der Waals surface area contributed by atoms with E-state index in [-0.39, 0.29) is 5.92 Å². The molecule has 0 saturated carbocycles. The van der Waals surface area contributed by atoms with Crippen molar-refractivity contribution in [3.8, 4) is 0 Å². The van der Waals surface area contributed by atoms with Gasteiger partial charge in [0.25, 0.3) is 0 Å². The Morgan fingerprint density at radius 2 is 1.92 bits per heavy atom. The molecule has 0 spiro atoms. The average Bonchev–Trinajstić information content (AvgIpc) is 2.06. The van der Waals surface area contributed by atoms with Crippen molar-refractivity contribution in [3.63, 3.8) is 0 Å². The summed E-state index contributed by atoms with van der Waals surface area (Å²) in [5, 5.41) is 0. The maximum Gasteiger partial charge on any atom is 0.112 e. The van der Waals surface area contributed by atoms with Crippen LogP contribution in [0.4, 0.5) is 4.39 Å². The van der Waals surface area contributed by atoms with E-state index in [0.717, 1.165) is 12.8 Å². The molecule has 0 aliphatic heterocycles. The van der Waals surface area contributed by atoms with Crippen LogP contribution in [0.15, 0.2) is 0 Å². The van der Waals surface area contributed by atoms with Gasteiger partial charge in [-0.3, -0.25) is 0 Å². The summed E-state index contributed by atoms with van der Waals surface area (Å²) in [6.07, 6.45) is 2.71. The third kappa shape index (κ3) is 4.06. The Hall–Kier alpha value is 0.660. The highest BCUT2D eigenvalue weighted by molar-refractivity contribution is 14.1. The molecule has 0 rings (SSSR count). The summed E-state index contributed by atoms with van der Waals surface area (Å²) in [4.78, 5) is 0. The lowest BCUT2D eigenvalue weighted by atomic mass is 9.85. The smallest absolute Gasteiger partial charge is 0.112 e. The highest BCUT2D eigenvalue weighted by Gasteiger charge is 2.23. The van der Waals surface area contributed by atoms with Crippen LogP contribution in [0.3, 0.4) is 0 Å². The van der Waals surface area contributed by atoms with Gasteiger partial charge in [-0.2, -0.15) is 0 Å². The molecule has 0 heterocycles. The standard InChI is InChI=1S/C10H20FI/c1-4-6-8(3)9(5-2)10(11)7-12/h8-10H,4-7H2,1-3H3/t8?,9?,10-/m1/s1. The van der Waals surface area contributed by atoms with Gasteiger partial charge in [-0.25, -0.2) is 4.39 Å². The van der Waals surface area contributed by atoms with Crippen molar-refractivity contribution in [1.29, 1.82) is 0 Å². The van der Waals surface area contributed by atoms with Crippen LogP contribution in [0.2, 0.25) is 0 Å². The summed E-state index contributed by atoms with van der Waals surface area (Å²) < 4.78 is 14.0. The van der Waals surface area contributed by atoms with E-state index < -0.39 is 6.17 Å². The van der Waals surface area contributed by atoms with Gasteiger partial charge in [-0.05, 0) is 11.8 Å². The third-order valence-corrected chi connectivity index (χ3v) is 3.40. The predicted molar refractivity (Wildman–Crippen MR) is 61.6 cm³/mol. The van der Waals surface area contributed by atoms with Gasteiger partial charge in [-0.15, -0.1) is 0 Å². The Morgan fingerprint density at radius 1 is 1.33 bits per heavy atom. The molecule has 0 nitrogen and oxygen atoms in total. The number of hydrogen-bond acceptors (Lipinski definition) is 0. The molecule has 0 aromatic carbocycles. The lowest BCUT2D eigenvalue weighted by molar-refractivity contribution is 0.182. The third-order valence-electron chi connectivity index (χ3n) is 2.56. The highest BCUT2D eigenvalue weighted by Crippen LogP contribution is 2.26.